The third-order valence-electron chi connectivity index (χ3n) is 4.23. The molecule has 0 spiro atoms. The maximum absolute atomic E-state index is 4.06. The summed E-state index contributed by atoms with van der Waals surface area (Å²) in [6.45, 7) is 0. The van der Waals surface area contributed by atoms with Crippen molar-refractivity contribution in [3.05, 3.63) is 11.9 Å². The van der Waals surface area contributed by atoms with E-state index < -0.39 is 0 Å². The summed E-state index contributed by atoms with van der Waals surface area (Å²) in [6, 6.07) is 0.292. The number of likely N-dealkylation sites (N-methyl/N-ethyl adjacent to an activating group) is 2. The number of rotatable bonds is 4. The van der Waals surface area contributed by atoms with Crippen molar-refractivity contribution in [2.45, 2.75) is 37.3 Å². The van der Waals surface area contributed by atoms with Crippen molar-refractivity contribution < 1.29 is 0 Å². The van der Waals surface area contributed by atoms with E-state index in [0.717, 1.165) is 0 Å². The SMILES string of the molecule is CNC(c1cnnn1C)C1(N(C)C)CCCC1. The second-order valence-electron chi connectivity index (χ2n) is 5.21. The Bertz CT molecular complexity index is 365. The maximum atomic E-state index is 4.06. The summed E-state index contributed by atoms with van der Waals surface area (Å²) in [4.78, 5) is 2.37. The summed E-state index contributed by atoms with van der Waals surface area (Å²) in [5, 5.41) is 11.5. The summed E-state index contributed by atoms with van der Waals surface area (Å²) in [5.74, 6) is 0. The monoisotopic (exact) mass is 237 g/mol. The molecular formula is C12H23N5. The molecule has 17 heavy (non-hydrogen) atoms. The molecule has 1 saturated carbocycles. The van der Waals surface area contributed by atoms with E-state index in [1.165, 1.54) is 31.4 Å². The van der Waals surface area contributed by atoms with E-state index in [4.69, 9.17) is 0 Å². The average molecular weight is 237 g/mol. The second-order valence-corrected chi connectivity index (χ2v) is 5.21. The molecule has 1 fully saturated rings. The van der Waals surface area contributed by atoms with Crippen molar-refractivity contribution >= 4 is 0 Å². The minimum Gasteiger partial charge on any atom is -0.310 e. The number of hydrogen-bond acceptors (Lipinski definition) is 4. The molecule has 1 aliphatic rings. The van der Waals surface area contributed by atoms with Crippen molar-refractivity contribution in [2.75, 3.05) is 21.1 Å². The Morgan fingerprint density at radius 3 is 2.47 bits per heavy atom. The van der Waals surface area contributed by atoms with Gasteiger partial charge in [-0.2, -0.15) is 0 Å². The van der Waals surface area contributed by atoms with Crippen LogP contribution in [0.15, 0.2) is 6.20 Å². The van der Waals surface area contributed by atoms with Gasteiger partial charge in [-0.15, -0.1) is 5.10 Å². The highest BCUT2D eigenvalue weighted by atomic mass is 15.4. The van der Waals surface area contributed by atoms with Crippen LogP contribution in [0, 0.1) is 0 Å². The van der Waals surface area contributed by atoms with Gasteiger partial charge in [0.05, 0.1) is 17.9 Å². The molecule has 1 aromatic rings. The number of hydrogen-bond donors (Lipinski definition) is 1. The topological polar surface area (TPSA) is 46.0 Å². The average Bonchev–Trinajstić information content (AvgIpc) is 2.91. The van der Waals surface area contributed by atoms with Crippen LogP contribution in [0.25, 0.3) is 0 Å². The van der Waals surface area contributed by atoms with Crippen LogP contribution in [-0.2, 0) is 7.05 Å². The van der Waals surface area contributed by atoms with Crippen LogP contribution in [0.2, 0.25) is 0 Å². The van der Waals surface area contributed by atoms with E-state index in [1.54, 1.807) is 0 Å². The van der Waals surface area contributed by atoms with Gasteiger partial charge in [-0.1, -0.05) is 18.1 Å². The highest BCUT2D eigenvalue weighted by Gasteiger charge is 2.44. The summed E-state index contributed by atoms with van der Waals surface area (Å²) in [5.41, 5.74) is 1.37. The highest BCUT2D eigenvalue weighted by Crippen LogP contribution is 2.42. The van der Waals surface area contributed by atoms with Gasteiger partial charge in [0, 0.05) is 12.6 Å². The zero-order valence-corrected chi connectivity index (χ0v) is 11.3. The summed E-state index contributed by atoms with van der Waals surface area (Å²) >= 11 is 0. The molecule has 0 saturated heterocycles. The zero-order valence-electron chi connectivity index (χ0n) is 11.3. The third kappa shape index (κ3) is 1.98. The molecule has 1 aliphatic carbocycles. The molecule has 0 radical (unpaired) electrons. The van der Waals surface area contributed by atoms with Crippen molar-refractivity contribution in [3.63, 3.8) is 0 Å². The van der Waals surface area contributed by atoms with E-state index in [1.807, 2.05) is 25.0 Å². The van der Waals surface area contributed by atoms with Gasteiger partial charge in [0.2, 0.25) is 0 Å². The molecule has 1 atom stereocenters. The molecule has 5 nitrogen and oxygen atoms in total. The molecule has 1 N–H and O–H groups in total. The smallest absolute Gasteiger partial charge is 0.0772 e. The van der Waals surface area contributed by atoms with Gasteiger partial charge in [-0.3, -0.25) is 4.68 Å². The summed E-state index contributed by atoms with van der Waals surface area (Å²) in [7, 11) is 8.35. The summed E-state index contributed by atoms with van der Waals surface area (Å²) < 4.78 is 1.88. The van der Waals surface area contributed by atoms with Crippen molar-refractivity contribution in [1.82, 2.24) is 25.2 Å². The van der Waals surface area contributed by atoms with E-state index in [9.17, 15) is 0 Å². The first-order valence-corrected chi connectivity index (χ1v) is 6.31. The van der Waals surface area contributed by atoms with Crippen molar-refractivity contribution in [3.8, 4) is 0 Å². The molecule has 1 aromatic heterocycles. The first-order valence-electron chi connectivity index (χ1n) is 6.31. The van der Waals surface area contributed by atoms with Gasteiger partial charge >= 0.3 is 0 Å². The Hall–Kier alpha value is -0.940. The lowest BCUT2D eigenvalue weighted by Gasteiger charge is -2.43. The largest absolute Gasteiger partial charge is 0.310 e. The third-order valence-corrected chi connectivity index (χ3v) is 4.23. The lowest BCUT2D eigenvalue weighted by atomic mass is 9.85. The lowest BCUT2D eigenvalue weighted by molar-refractivity contribution is 0.105. The van der Waals surface area contributed by atoms with Crippen LogP contribution in [0.4, 0.5) is 0 Å². The van der Waals surface area contributed by atoms with Crippen molar-refractivity contribution in [2.24, 2.45) is 7.05 Å². The van der Waals surface area contributed by atoms with Crippen molar-refractivity contribution in [1.29, 1.82) is 0 Å². The summed E-state index contributed by atoms with van der Waals surface area (Å²) in [6.07, 6.45) is 6.96. The first-order chi connectivity index (χ1) is 8.12. The Morgan fingerprint density at radius 1 is 1.41 bits per heavy atom. The molecule has 0 aromatic carbocycles. The molecule has 1 unspecified atom stereocenters. The van der Waals surface area contributed by atoms with E-state index >= 15 is 0 Å². The maximum Gasteiger partial charge on any atom is 0.0772 e. The first kappa shape index (κ1) is 12.5. The van der Waals surface area contributed by atoms with Crippen LogP contribution in [0.5, 0.6) is 0 Å². The van der Waals surface area contributed by atoms with E-state index in [0.29, 0.717) is 6.04 Å². The zero-order chi connectivity index (χ0) is 12.5. The fraction of sp³-hybridized carbons (Fsp3) is 0.833. The Labute approximate surface area is 103 Å². The van der Waals surface area contributed by atoms with Crippen LogP contribution in [0.1, 0.15) is 37.4 Å². The molecule has 0 amide bonds. The molecule has 2 rings (SSSR count). The van der Waals surface area contributed by atoms with Crippen LogP contribution < -0.4 is 5.32 Å². The van der Waals surface area contributed by atoms with Gasteiger partial charge in [-0.25, -0.2) is 0 Å². The minimum absolute atomic E-state index is 0.199. The molecule has 1 heterocycles. The Kier molecular flexibility index (Phi) is 3.49. The quantitative estimate of drug-likeness (QED) is 0.847. The minimum atomic E-state index is 0.199. The number of nitrogens with one attached hydrogen (secondary N) is 1. The molecule has 5 heteroatoms. The number of nitrogens with zero attached hydrogens (tertiary/aromatic N) is 4. The van der Waals surface area contributed by atoms with Gasteiger partial charge < -0.3 is 10.2 Å². The standard InChI is InChI=1S/C12H23N5/c1-13-11(10-9-14-15-17(10)4)12(16(2)3)7-5-6-8-12/h9,11,13H,5-8H2,1-4H3. The number of aromatic nitrogens is 3. The molecule has 0 aliphatic heterocycles. The fourth-order valence-corrected chi connectivity index (χ4v) is 3.23. The Balaban J connectivity index is 2.37. The fourth-order valence-electron chi connectivity index (χ4n) is 3.23. The van der Waals surface area contributed by atoms with E-state index in [2.05, 4.69) is 34.6 Å². The lowest BCUT2D eigenvalue weighted by Crippen LogP contribution is -2.51. The molecule has 96 valence electrons. The molecular weight excluding hydrogens is 214 g/mol. The molecule has 0 bridgehead atoms. The van der Waals surface area contributed by atoms with Crippen LogP contribution in [-0.4, -0.2) is 46.6 Å². The van der Waals surface area contributed by atoms with Crippen LogP contribution in [0.3, 0.4) is 0 Å². The predicted octanol–water partition coefficient (Wildman–Crippen LogP) is 0.950. The second kappa shape index (κ2) is 4.74. The predicted molar refractivity (Wildman–Crippen MR) is 67.7 cm³/mol. The normalized spacial score (nSPS) is 21.0. The van der Waals surface area contributed by atoms with Gasteiger partial charge in [0.15, 0.2) is 0 Å². The highest BCUT2D eigenvalue weighted by molar-refractivity contribution is 5.14. The van der Waals surface area contributed by atoms with E-state index in [-0.39, 0.29) is 5.54 Å². The van der Waals surface area contributed by atoms with Gasteiger partial charge in [-0.05, 0) is 34.0 Å². The van der Waals surface area contributed by atoms with Gasteiger partial charge in [0.25, 0.3) is 0 Å². The van der Waals surface area contributed by atoms with Crippen LogP contribution >= 0.6 is 0 Å². The van der Waals surface area contributed by atoms with Gasteiger partial charge in [0.1, 0.15) is 0 Å². The number of aryl methyl sites for hydroxylation is 1. The Morgan fingerprint density at radius 2 is 2.06 bits per heavy atom.